The summed E-state index contributed by atoms with van der Waals surface area (Å²) >= 11 is 4.85. The summed E-state index contributed by atoms with van der Waals surface area (Å²) in [6.07, 6.45) is 5.69. The van der Waals surface area contributed by atoms with Crippen LogP contribution in [-0.2, 0) is 4.74 Å². The Bertz CT molecular complexity index is 97.1. The van der Waals surface area contributed by atoms with Crippen molar-refractivity contribution < 1.29 is 4.74 Å². The lowest BCUT2D eigenvalue weighted by Gasteiger charge is -2.22. The lowest BCUT2D eigenvalue weighted by Crippen LogP contribution is -2.22. The molecule has 2 atom stereocenters. The van der Waals surface area contributed by atoms with Crippen molar-refractivity contribution in [1.82, 2.24) is 0 Å². The third-order valence-electron chi connectivity index (χ3n) is 2.16. The van der Waals surface area contributed by atoms with Crippen molar-refractivity contribution in [2.75, 3.05) is 8.86 Å². The molecule has 0 aromatic heterocycles. The second-order valence-corrected chi connectivity index (χ2v) is 5.31. The van der Waals surface area contributed by atoms with Gasteiger partial charge in [-0.05, 0) is 25.7 Å². The molecule has 0 aromatic carbocycles. The van der Waals surface area contributed by atoms with Gasteiger partial charge in [0.1, 0.15) is 0 Å². The van der Waals surface area contributed by atoms with E-state index in [-0.39, 0.29) is 0 Å². The highest BCUT2D eigenvalue weighted by atomic mass is 127. The van der Waals surface area contributed by atoms with Crippen molar-refractivity contribution in [3.8, 4) is 0 Å². The van der Waals surface area contributed by atoms with Crippen LogP contribution in [0.25, 0.3) is 0 Å². The van der Waals surface area contributed by atoms with Gasteiger partial charge in [-0.2, -0.15) is 0 Å². The third kappa shape index (κ3) is 7.36. The Hall–Kier alpha value is 1.42. The predicted octanol–water partition coefficient (Wildman–Crippen LogP) is 4.21. The van der Waals surface area contributed by atoms with E-state index in [1.807, 2.05) is 0 Å². The Morgan fingerprint density at radius 2 is 1.31 bits per heavy atom. The first-order chi connectivity index (χ1) is 6.28. The van der Waals surface area contributed by atoms with Crippen molar-refractivity contribution >= 4 is 45.2 Å². The van der Waals surface area contributed by atoms with E-state index in [2.05, 4.69) is 59.0 Å². The zero-order valence-electron chi connectivity index (χ0n) is 8.56. The molecule has 80 valence electrons. The summed E-state index contributed by atoms with van der Waals surface area (Å²) in [5.74, 6) is 0. The number of hydrogen-bond acceptors (Lipinski definition) is 1. The van der Waals surface area contributed by atoms with Gasteiger partial charge in [0.15, 0.2) is 0 Å². The second kappa shape index (κ2) is 9.96. The Morgan fingerprint density at radius 1 is 0.923 bits per heavy atom. The van der Waals surface area contributed by atoms with E-state index >= 15 is 0 Å². The predicted molar refractivity (Wildman–Crippen MR) is 76.3 cm³/mol. The molecule has 13 heavy (non-hydrogen) atoms. The van der Waals surface area contributed by atoms with E-state index < -0.39 is 0 Å². The summed E-state index contributed by atoms with van der Waals surface area (Å²) in [4.78, 5) is 0. The molecule has 0 saturated heterocycles. The van der Waals surface area contributed by atoms with Crippen LogP contribution in [0.4, 0.5) is 0 Å². The Kier molecular flexibility index (Phi) is 11.0. The molecule has 1 nitrogen and oxygen atoms in total. The maximum atomic E-state index is 6.02. The van der Waals surface area contributed by atoms with E-state index in [9.17, 15) is 0 Å². The Balaban J connectivity index is 3.73. The molecule has 0 spiro atoms. The molecule has 0 fully saturated rings. The zero-order valence-corrected chi connectivity index (χ0v) is 12.9. The fourth-order valence-corrected chi connectivity index (χ4v) is 2.64. The summed E-state index contributed by atoms with van der Waals surface area (Å²) < 4.78 is 8.43. The van der Waals surface area contributed by atoms with Crippen LogP contribution in [-0.4, -0.2) is 21.1 Å². The van der Waals surface area contributed by atoms with E-state index in [0.717, 1.165) is 12.8 Å². The van der Waals surface area contributed by atoms with Gasteiger partial charge < -0.3 is 4.74 Å². The van der Waals surface area contributed by atoms with Gasteiger partial charge in [0, 0.05) is 8.86 Å². The number of rotatable bonds is 8. The summed E-state index contributed by atoms with van der Waals surface area (Å²) in [6, 6.07) is 0. The lowest BCUT2D eigenvalue weighted by atomic mass is 10.2. The van der Waals surface area contributed by atoms with Crippen LogP contribution < -0.4 is 0 Å². The zero-order chi connectivity index (χ0) is 10.1. The number of ether oxygens (including phenoxy) is 1. The average molecular weight is 410 g/mol. The van der Waals surface area contributed by atoms with Gasteiger partial charge >= 0.3 is 0 Å². The number of halogens is 2. The third-order valence-corrected chi connectivity index (χ3v) is 3.40. The molecule has 0 aliphatic rings. The van der Waals surface area contributed by atoms with Crippen LogP contribution in [0, 0.1) is 0 Å². The number of hydrogen-bond donors (Lipinski definition) is 0. The van der Waals surface area contributed by atoms with E-state index in [1.54, 1.807) is 0 Å². The van der Waals surface area contributed by atoms with Crippen LogP contribution in [0.15, 0.2) is 0 Å². The monoisotopic (exact) mass is 410 g/mol. The smallest absolute Gasteiger partial charge is 0.0583 e. The first kappa shape index (κ1) is 14.4. The topological polar surface area (TPSA) is 9.23 Å². The largest absolute Gasteiger partial charge is 0.375 e. The number of alkyl halides is 2. The lowest BCUT2D eigenvalue weighted by molar-refractivity contribution is -0.0170. The summed E-state index contributed by atoms with van der Waals surface area (Å²) in [6.45, 7) is 4.43. The van der Waals surface area contributed by atoms with Crippen LogP contribution in [0.2, 0.25) is 0 Å². The molecule has 0 amide bonds. The van der Waals surface area contributed by atoms with Gasteiger partial charge in [0.05, 0.1) is 12.2 Å². The molecule has 0 aliphatic carbocycles. The minimum absolute atomic E-state index is 0.491. The van der Waals surface area contributed by atoms with E-state index in [0.29, 0.717) is 12.2 Å². The minimum Gasteiger partial charge on any atom is -0.375 e. The molecule has 0 bridgehead atoms. The fraction of sp³-hybridized carbons (Fsp3) is 1.00. The quantitative estimate of drug-likeness (QED) is 0.431. The van der Waals surface area contributed by atoms with Crippen molar-refractivity contribution in [3.05, 3.63) is 0 Å². The molecule has 0 aliphatic heterocycles. The second-order valence-electron chi connectivity index (χ2n) is 3.15. The van der Waals surface area contributed by atoms with Crippen molar-refractivity contribution in [2.45, 2.75) is 51.7 Å². The van der Waals surface area contributed by atoms with Crippen LogP contribution in [0.5, 0.6) is 0 Å². The van der Waals surface area contributed by atoms with Gasteiger partial charge in [-0.1, -0.05) is 59.0 Å². The molecule has 3 heteroatoms. The highest BCUT2D eigenvalue weighted by molar-refractivity contribution is 14.1. The summed E-state index contributed by atoms with van der Waals surface area (Å²) in [7, 11) is 0. The molecular weight excluding hydrogens is 390 g/mol. The molecular formula is C10H20I2O. The summed E-state index contributed by atoms with van der Waals surface area (Å²) in [5, 5.41) is 0. The van der Waals surface area contributed by atoms with E-state index in [1.165, 1.54) is 21.7 Å². The van der Waals surface area contributed by atoms with Crippen LogP contribution in [0.3, 0.4) is 0 Å². The van der Waals surface area contributed by atoms with Crippen LogP contribution in [0.1, 0.15) is 39.5 Å². The molecule has 0 radical (unpaired) electrons. The normalized spacial score (nSPS) is 15.7. The molecule has 0 saturated carbocycles. The van der Waals surface area contributed by atoms with Gasteiger partial charge in [-0.15, -0.1) is 0 Å². The fourth-order valence-electron chi connectivity index (χ4n) is 1.25. The highest BCUT2D eigenvalue weighted by Crippen LogP contribution is 2.14. The maximum absolute atomic E-state index is 6.02. The van der Waals surface area contributed by atoms with Gasteiger partial charge in [-0.25, -0.2) is 0 Å². The highest BCUT2D eigenvalue weighted by Gasteiger charge is 2.12. The molecule has 0 rings (SSSR count). The van der Waals surface area contributed by atoms with Crippen molar-refractivity contribution in [1.29, 1.82) is 0 Å². The minimum atomic E-state index is 0.491. The molecule has 0 aromatic rings. The molecule has 0 N–H and O–H groups in total. The summed E-state index contributed by atoms with van der Waals surface area (Å²) in [5.41, 5.74) is 0. The van der Waals surface area contributed by atoms with Crippen molar-refractivity contribution in [2.24, 2.45) is 0 Å². The first-order valence-corrected chi connectivity index (χ1v) is 8.10. The van der Waals surface area contributed by atoms with Crippen LogP contribution >= 0.6 is 45.2 Å². The van der Waals surface area contributed by atoms with Crippen molar-refractivity contribution in [3.63, 3.8) is 0 Å². The standard InChI is InChI=1S/C10H20I2O/c1-3-9(5-7-11)13-10(4-2)6-8-12/h9-10H,3-8H2,1-2H3. The van der Waals surface area contributed by atoms with Gasteiger partial charge in [-0.3, -0.25) is 0 Å². The molecule has 2 unspecified atom stereocenters. The van der Waals surface area contributed by atoms with Gasteiger partial charge in [0.25, 0.3) is 0 Å². The van der Waals surface area contributed by atoms with Gasteiger partial charge in [0.2, 0.25) is 0 Å². The maximum Gasteiger partial charge on any atom is 0.0583 e. The Labute approximate surface area is 110 Å². The first-order valence-electron chi connectivity index (χ1n) is 5.05. The van der Waals surface area contributed by atoms with E-state index in [4.69, 9.17) is 4.74 Å². The Morgan fingerprint density at radius 3 is 1.54 bits per heavy atom. The molecule has 0 heterocycles. The average Bonchev–Trinajstić information content (AvgIpc) is 2.16. The SMILES string of the molecule is CCC(CCI)OC(CC)CCI.